The zero-order chi connectivity index (χ0) is 17.1. The third kappa shape index (κ3) is 2.52. The second-order valence-corrected chi connectivity index (χ2v) is 5.12. The minimum atomic E-state index is -0.624. The van der Waals surface area contributed by atoms with E-state index in [4.69, 9.17) is 0 Å². The monoisotopic (exact) mass is 318 g/mol. The standard InChI is InChI=1S/C18H14N4O2/c1-2-22-15-8-4-3-7-13(15)16(18(22)24)14(10-19)17(23)21-12-6-5-9-20-11-12/h3-9,11H,2H2,1H3,(H,21,23)/b16-14+. The molecule has 0 saturated carbocycles. The topological polar surface area (TPSA) is 86.1 Å². The number of carbonyl (C=O) groups is 2. The van der Waals surface area contributed by atoms with Crippen molar-refractivity contribution in [3.63, 3.8) is 0 Å². The number of benzene rings is 1. The molecular weight excluding hydrogens is 304 g/mol. The van der Waals surface area contributed by atoms with Crippen LogP contribution >= 0.6 is 0 Å². The number of nitriles is 1. The first-order valence-electron chi connectivity index (χ1n) is 7.44. The summed E-state index contributed by atoms with van der Waals surface area (Å²) in [6.07, 6.45) is 3.05. The first kappa shape index (κ1) is 15.4. The van der Waals surface area contributed by atoms with E-state index in [1.165, 1.54) is 6.20 Å². The smallest absolute Gasteiger partial charge is 0.267 e. The molecular formula is C18H14N4O2. The molecule has 118 valence electrons. The Hall–Kier alpha value is -3.46. The molecule has 0 atom stereocenters. The van der Waals surface area contributed by atoms with E-state index in [0.29, 0.717) is 23.5 Å². The van der Waals surface area contributed by atoms with Gasteiger partial charge in [0, 0.05) is 18.3 Å². The summed E-state index contributed by atoms with van der Waals surface area (Å²) in [7, 11) is 0. The molecule has 1 aromatic carbocycles. The Bertz CT molecular complexity index is 881. The highest BCUT2D eigenvalue weighted by molar-refractivity contribution is 6.37. The number of amides is 2. The maximum atomic E-state index is 12.7. The third-order valence-electron chi connectivity index (χ3n) is 3.75. The molecule has 2 amide bonds. The van der Waals surface area contributed by atoms with Crippen LogP contribution in [0.3, 0.4) is 0 Å². The van der Waals surface area contributed by atoms with Gasteiger partial charge in [0.05, 0.1) is 23.1 Å². The van der Waals surface area contributed by atoms with E-state index in [1.54, 1.807) is 41.4 Å². The molecule has 6 nitrogen and oxygen atoms in total. The van der Waals surface area contributed by atoms with Crippen molar-refractivity contribution >= 4 is 28.8 Å². The predicted octanol–water partition coefficient (Wildman–Crippen LogP) is 2.36. The Balaban J connectivity index is 2.07. The number of hydrogen-bond acceptors (Lipinski definition) is 4. The van der Waals surface area contributed by atoms with Crippen LogP contribution in [-0.2, 0) is 9.59 Å². The van der Waals surface area contributed by atoms with Crippen molar-refractivity contribution in [1.29, 1.82) is 5.26 Å². The van der Waals surface area contributed by atoms with E-state index in [-0.39, 0.29) is 17.1 Å². The predicted molar refractivity (Wildman–Crippen MR) is 89.9 cm³/mol. The number of carbonyl (C=O) groups excluding carboxylic acids is 2. The number of likely N-dealkylation sites (N-methyl/N-ethyl adjacent to an activating group) is 1. The van der Waals surface area contributed by atoms with Crippen LogP contribution in [-0.4, -0.2) is 23.3 Å². The fourth-order valence-electron chi connectivity index (χ4n) is 2.69. The van der Waals surface area contributed by atoms with Crippen LogP contribution in [0.2, 0.25) is 0 Å². The summed E-state index contributed by atoms with van der Waals surface area (Å²) < 4.78 is 0. The van der Waals surface area contributed by atoms with Gasteiger partial charge in [0.15, 0.2) is 0 Å². The molecule has 0 radical (unpaired) electrons. The molecule has 3 rings (SSSR count). The van der Waals surface area contributed by atoms with Gasteiger partial charge in [0.25, 0.3) is 11.8 Å². The Morgan fingerprint density at radius 3 is 2.75 bits per heavy atom. The molecule has 0 fully saturated rings. The van der Waals surface area contributed by atoms with Crippen LogP contribution in [0.4, 0.5) is 11.4 Å². The van der Waals surface area contributed by atoms with Crippen molar-refractivity contribution in [2.45, 2.75) is 6.92 Å². The van der Waals surface area contributed by atoms with Crippen LogP contribution in [0.15, 0.2) is 54.4 Å². The molecule has 0 unspecified atom stereocenters. The van der Waals surface area contributed by atoms with Crippen LogP contribution in [0.5, 0.6) is 0 Å². The second kappa shape index (κ2) is 6.34. The van der Waals surface area contributed by atoms with E-state index < -0.39 is 5.91 Å². The highest BCUT2D eigenvalue weighted by Gasteiger charge is 2.35. The van der Waals surface area contributed by atoms with E-state index in [9.17, 15) is 14.9 Å². The SMILES string of the molecule is CCN1C(=O)/C(=C(\C#N)C(=O)Nc2cccnc2)c2ccccc21. The Kier molecular flexibility index (Phi) is 4.08. The van der Waals surface area contributed by atoms with Crippen molar-refractivity contribution in [3.8, 4) is 6.07 Å². The molecule has 2 aromatic rings. The number of aromatic nitrogens is 1. The normalized spacial score (nSPS) is 14.8. The van der Waals surface area contributed by atoms with Gasteiger partial charge in [-0.25, -0.2) is 0 Å². The summed E-state index contributed by atoms with van der Waals surface area (Å²) in [5, 5.41) is 12.1. The summed E-state index contributed by atoms with van der Waals surface area (Å²) >= 11 is 0. The van der Waals surface area contributed by atoms with Crippen LogP contribution in [0.25, 0.3) is 5.57 Å². The lowest BCUT2D eigenvalue weighted by Gasteiger charge is -2.13. The number of nitrogens with one attached hydrogen (secondary N) is 1. The molecule has 1 N–H and O–H groups in total. The van der Waals surface area contributed by atoms with Crippen molar-refractivity contribution in [1.82, 2.24) is 4.98 Å². The summed E-state index contributed by atoms with van der Waals surface area (Å²) in [6.45, 7) is 2.31. The van der Waals surface area contributed by atoms with Crippen molar-refractivity contribution in [2.24, 2.45) is 0 Å². The van der Waals surface area contributed by atoms with Gasteiger partial charge in [-0.3, -0.25) is 14.6 Å². The van der Waals surface area contributed by atoms with Gasteiger partial charge >= 0.3 is 0 Å². The first-order valence-corrected chi connectivity index (χ1v) is 7.44. The number of rotatable bonds is 3. The molecule has 6 heteroatoms. The Morgan fingerprint density at radius 2 is 2.08 bits per heavy atom. The Labute approximate surface area is 139 Å². The zero-order valence-electron chi connectivity index (χ0n) is 13.0. The number of fused-ring (bicyclic) bond motifs is 1. The fraction of sp³-hybridized carbons (Fsp3) is 0.111. The van der Waals surface area contributed by atoms with Crippen molar-refractivity contribution in [3.05, 3.63) is 59.9 Å². The molecule has 0 saturated heterocycles. The van der Waals surface area contributed by atoms with Gasteiger partial charge in [-0.1, -0.05) is 18.2 Å². The largest absolute Gasteiger partial charge is 0.320 e. The van der Waals surface area contributed by atoms with Crippen LogP contribution in [0.1, 0.15) is 12.5 Å². The molecule has 1 aliphatic rings. The van der Waals surface area contributed by atoms with E-state index in [0.717, 1.165) is 0 Å². The summed E-state index contributed by atoms with van der Waals surface area (Å²) in [6, 6.07) is 12.4. The summed E-state index contributed by atoms with van der Waals surface area (Å²) in [4.78, 5) is 30.6. The van der Waals surface area contributed by atoms with Gasteiger partial charge in [-0.05, 0) is 25.1 Å². The summed E-state index contributed by atoms with van der Waals surface area (Å²) in [5.74, 6) is -0.960. The molecule has 24 heavy (non-hydrogen) atoms. The van der Waals surface area contributed by atoms with E-state index >= 15 is 0 Å². The fourth-order valence-corrected chi connectivity index (χ4v) is 2.69. The minimum absolute atomic E-state index is 0.136. The van der Waals surface area contributed by atoms with Gasteiger partial charge in [0.2, 0.25) is 0 Å². The average Bonchev–Trinajstić information content (AvgIpc) is 2.88. The highest BCUT2D eigenvalue weighted by atomic mass is 16.2. The van der Waals surface area contributed by atoms with Gasteiger partial charge < -0.3 is 10.2 Å². The number of hydrogen-bond donors (Lipinski definition) is 1. The van der Waals surface area contributed by atoms with Gasteiger partial charge in [0.1, 0.15) is 11.6 Å². The highest BCUT2D eigenvalue weighted by Crippen LogP contribution is 2.38. The van der Waals surface area contributed by atoms with Gasteiger partial charge in [-0.2, -0.15) is 5.26 Å². The van der Waals surface area contributed by atoms with Crippen LogP contribution < -0.4 is 10.2 Å². The summed E-state index contributed by atoms with van der Waals surface area (Å²) in [5.41, 5.74) is 1.70. The number of anilines is 2. The molecule has 1 aromatic heterocycles. The first-order chi connectivity index (χ1) is 11.7. The molecule has 1 aliphatic heterocycles. The molecule has 0 spiro atoms. The van der Waals surface area contributed by atoms with E-state index in [1.807, 2.05) is 19.1 Å². The van der Waals surface area contributed by atoms with Crippen molar-refractivity contribution in [2.75, 3.05) is 16.8 Å². The Morgan fingerprint density at radius 1 is 1.29 bits per heavy atom. The lowest BCUT2D eigenvalue weighted by atomic mass is 10.0. The van der Waals surface area contributed by atoms with Crippen LogP contribution in [0, 0.1) is 11.3 Å². The molecule has 2 heterocycles. The maximum Gasteiger partial charge on any atom is 0.267 e. The molecule has 0 bridgehead atoms. The second-order valence-electron chi connectivity index (χ2n) is 5.12. The third-order valence-corrected chi connectivity index (χ3v) is 3.75. The number of pyridine rings is 1. The molecule has 0 aliphatic carbocycles. The zero-order valence-corrected chi connectivity index (χ0v) is 13.0. The quantitative estimate of drug-likeness (QED) is 0.695. The lowest BCUT2D eigenvalue weighted by Crippen LogP contribution is -2.27. The van der Waals surface area contributed by atoms with Gasteiger partial charge in [-0.15, -0.1) is 0 Å². The lowest BCUT2D eigenvalue weighted by molar-refractivity contribution is -0.114. The average molecular weight is 318 g/mol. The van der Waals surface area contributed by atoms with E-state index in [2.05, 4.69) is 10.3 Å². The maximum absolute atomic E-state index is 12.7. The minimum Gasteiger partial charge on any atom is -0.320 e. The number of para-hydroxylation sites is 1. The van der Waals surface area contributed by atoms with Crippen molar-refractivity contribution < 1.29 is 9.59 Å². The number of nitrogens with zero attached hydrogens (tertiary/aromatic N) is 3.